The average Bonchev–Trinajstić information content (AvgIpc) is 2.59. The Labute approximate surface area is 152 Å². The lowest BCUT2D eigenvalue weighted by molar-refractivity contribution is -0.121. The molecule has 0 unspecified atom stereocenters. The Hall–Kier alpha value is -2.71. The third-order valence-electron chi connectivity index (χ3n) is 3.72. The summed E-state index contributed by atoms with van der Waals surface area (Å²) in [4.78, 5) is 45.4. The number of piperidine rings is 1. The van der Waals surface area contributed by atoms with Crippen molar-refractivity contribution < 1.29 is 19.1 Å². The molecule has 9 heteroatoms. The smallest absolute Gasteiger partial charge is 0.408 e. The van der Waals surface area contributed by atoms with Crippen molar-refractivity contribution in [2.24, 2.45) is 0 Å². The zero-order valence-electron chi connectivity index (χ0n) is 15.3. The van der Waals surface area contributed by atoms with Crippen molar-refractivity contribution in [2.75, 3.05) is 19.6 Å². The molecule has 9 nitrogen and oxygen atoms in total. The maximum Gasteiger partial charge on any atom is 0.408 e. The number of nitrogens with zero attached hydrogens (tertiary/aromatic N) is 3. The minimum absolute atomic E-state index is 0.0335. The molecule has 1 aliphatic rings. The SMILES string of the molecule is CC(C)(C)OC(=O)NCC(=O)NC1CCN(C(=O)c2cnccn2)CC1. The van der Waals surface area contributed by atoms with E-state index in [1.54, 1.807) is 25.7 Å². The highest BCUT2D eigenvalue weighted by molar-refractivity contribution is 5.92. The second-order valence-corrected chi connectivity index (χ2v) is 7.08. The number of ether oxygens (including phenoxy) is 1. The molecule has 26 heavy (non-hydrogen) atoms. The highest BCUT2D eigenvalue weighted by Gasteiger charge is 2.25. The van der Waals surface area contributed by atoms with Crippen molar-refractivity contribution in [1.29, 1.82) is 0 Å². The average molecular weight is 363 g/mol. The van der Waals surface area contributed by atoms with Crippen molar-refractivity contribution in [3.8, 4) is 0 Å². The van der Waals surface area contributed by atoms with Crippen LogP contribution in [0.2, 0.25) is 0 Å². The molecular formula is C17H25N5O4. The van der Waals surface area contributed by atoms with Gasteiger partial charge in [-0.15, -0.1) is 0 Å². The number of carbonyl (C=O) groups excluding carboxylic acids is 3. The van der Waals surface area contributed by atoms with Crippen LogP contribution < -0.4 is 10.6 Å². The van der Waals surface area contributed by atoms with Gasteiger partial charge in [-0.05, 0) is 33.6 Å². The van der Waals surface area contributed by atoms with Gasteiger partial charge in [-0.25, -0.2) is 9.78 Å². The lowest BCUT2D eigenvalue weighted by Gasteiger charge is -2.32. The molecule has 1 aromatic heterocycles. The highest BCUT2D eigenvalue weighted by Crippen LogP contribution is 2.12. The first-order valence-electron chi connectivity index (χ1n) is 8.56. The van der Waals surface area contributed by atoms with Crippen molar-refractivity contribution in [3.05, 3.63) is 24.3 Å². The topological polar surface area (TPSA) is 114 Å². The second-order valence-electron chi connectivity index (χ2n) is 7.08. The van der Waals surface area contributed by atoms with E-state index in [-0.39, 0.29) is 24.4 Å². The lowest BCUT2D eigenvalue weighted by Crippen LogP contribution is -2.49. The Morgan fingerprint density at radius 1 is 1.23 bits per heavy atom. The van der Waals surface area contributed by atoms with Crippen molar-refractivity contribution in [2.45, 2.75) is 45.3 Å². The van der Waals surface area contributed by atoms with Gasteiger partial charge >= 0.3 is 6.09 Å². The van der Waals surface area contributed by atoms with Gasteiger partial charge in [0, 0.05) is 31.5 Å². The fourth-order valence-corrected chi connectivity index (χ4v) is 2.54. The van der Waals surface area contributed by atoms with Crippen LogP contribution in [0, 0.1) is 0 Å². The summed E-state index contributed by atoms with van der Waals surface area (Å²) in [6.07, 6.45) is 5.10. The maximum atomic E-state index is 12.3. The van der Waals surface area contributed by atoms with Crippen LogP contribution in [0.15, 0.2) is 18.6 Å². The summed E-state index contributed by atoms with van der Waals surface area (Å²) in [5, 5.41) is 5.29. The van der Waals surface area contributed by atoms with Crippen molar-refractivity contribution >= 4 is 17.9 Å². The fourth-order valence-electron chi connectivity index (χ4n) is 2.54. The van der Waals surface area contributed by atoms with Crippen LogP contribution in [-0.4, -0.2) is 64.1 Å². The van der Waals surface area contributed by atoms with Crippen LogP contribution in [0.3, 0.4) is 0 Å². The molecule has 1 aliphatic heterocycles. The third kappa shape index (κ3) is 6.30. The van der Waals surface area contributed by atoms with Crippen LogP contribution in [0.4, 0.5) is 4.79 Å². The number of nitrogens with one attached hydrogen (secondary N) is 2. The van der Waals surface area contributed by atoms with Crippen molar-refractivity contribution in [1.82, 2.24) is 25.5 Å². The molecule has 1 fully saturated rings. The van der Waals surface area contributed by atoms with Crippen LogP contribution in [0.1, 0.15) is 44.1 Å². The Kier molecular flexibility index (Phi) is 6.48. The number of hydrogen-bond donors (Lipinski definition) is 2. The molecular weight excluding hydrogens is 338 g/mol. The first-order valence-corrected chi connectivity index (χ1v) is 8.56. The summed E-state index contributed by atoms with van der Waals surface area (Å²) in [6.45, 7) is 6.17. The van der Waals surface area contributed by atoms with Crippen LogP contribution >= 0.6 is 0 Å². The number of carbonyl (C=O) groups is 3. The molecule has 1 aromatic rings. The Morgan fingerprint density at radius 3 is 2.50 bits per heavy atom. The molecule has 2 heterocycles. The number of hydrogen-bond acceptors (Lipinski definition) is 6. The minimum Gasteiger partial charge on any atom is -0.444 e. The minimum atomic E-state index is -0.628. The van der Waals surface area contributed by atoms with Gasteiger partial charge in [0.25, 0.3) is 5.91 Å². The normalized spacial score (nSPS) is 15.3. The molecule has 3 amide bonds. The predicted octanol–water partition coefficient (Wildman–Crippen LogP) is 0.722. The zero-order chi connectivity index (χ0) is 19.2. The fraction of sp³-hybridized carbons (Fsp3) is 0.588. The van der Waals surface area contributed by atoms with Gasteiger partial charge in [0.1, 0.15) is 17.8 Å². The largest absolute Gasteiger partial charge is 0.444 e. The van der Waals surface area contributed by atoms with E-state index in [1.165, 1.54) is 18.6 Å². The molecule has 0 bridgehead atoms. The number of likely N-dealkylation sites (tertiary alicyclic amines) is 1. The molecule has 0 aliphatic carbocycles. The second kappa shape index (κ2) is 8.59. The molecule has 0 radical (unpaired) electrons. The van der Waals surface area contributed by atoms with Gasteiger partial charge in [-0.3, -0.25) is 14.6 Å². The summed E-state index contributed by atoms with van der Waals surface area (Å²) in [5.74, 6) is -0.441. The molecule has 0 atom stereocenters. The van der Waals surface area contributed by atoms with Gasteiger partial charge < -0.3 is 20.3 Å². The first kappa shape index (κ1) is 19.6. The highest BCUT2D eigenvalue weighted by atomic mass is 16.6. The number of aromatic nitrogens is 2. The van der Waals surface area contributed by atoms with Gasteiger partial charge in [0.2, 0.25) is 5.91 Å². The van der Waals surface area contributed by atoms with Crippen LogP contribution in [0.5, 0.6) is 0 Å². The Morgan fingerprint density at radius 2 is 1.92 bits per heavy atom. The number of amides is 3. The van der Waals surface area contributed by atoms with E-state index in [1.807, 2.05) is 0 Å². The zero-order valence-corrected chi connectivity index (χ0v) is 15.3. The van der Waals surface area contributed by atoms with Crippen LogP contribution in [0.25, 0.3) is 0 Å². The van der Waals surface area contributed by atoms with Gasteiger partial charge in [-0.1, -0.05) is 0 Å². The summed E-state index contributed by atoms with van der Waals surface area (Å²) < 4.78 is 5.08. The maximum absolute atomic E-state index is 12.3. The van der Waals surface area contributed by atoms with Gasteiger partial charge in [0.15, 0.2) is 0 Å². The third-order valence-corrected chi connectivity index (χ3v) is 3.72. The van der Waals surface area contributed by atoms with E-state index in [0.29, 0.717) is 31.6 Å². The van der Waals surface area contributed by atoms with E-state index in [9.17, 15) is 14.4 Å². The van der Waals surface area contributed by atoms with E-state index < -0.39 is 11.7 Å². The predicted molar refractivity (Wildman–Crippen MR) is 93.3 cm³/mol. The summed E-state index contributed by atoms with van der Waals surface area (Å²) in [6, 6.07) is -0.0335. The Bertz CT molecular complexity index is 636. The first-order chi connectivity index (χ1) is 12.2. The standard InChI is InChI=1S/C17H25N5O4/c1-17(2,3)26-16(25)20-11-14(23)21-12-4-8-22(9-5-12)15(24)13-10-18-6-7-19-13/h6-7,10,12H,4-5,8-9,11H2,1-3H3,(H,20,25)(H,21,23). The van der Waals surface area contributed by atoms with Gasteiger partial charge in [0.05, 0.1) is 6.20 Å². The van der Waals surface area contributed by atoms with E-state index >= 15 is 0 Å². The van der Waals surface area contributed by atoms with E-state index in [0.717, 1.165) is 0 Å². The number of alkyl carbamates (subject to hydrolysis) is 1. The molecule has 1 saturated heterocycles. The Balaban J connectivity index is 1.70. The molecule has 0 saturated carbocycles. The lowest BCUT2D eigenvalue weighted by atomic mass is 10.0. The molecule has 2 N–H and O–H groups in total. The monoisotopic (exact) mass is 363 g/mol. The summed E-state index contributed by atoms with van der Waals surface area (Å²) in [5.41, 5.74) is -0.292. The van der Waals surface area contributed by atoms with E-state index in [4.69, 9.17) is 4.74 Å². The molecule has 142 valence electrons. The molecule has 2 rings (SSSR count). The summed E-state index contributed by atoms with van der Waals surface area (Å²) >= 11 is 0. The molecule has 0 spiro atoms. The number of rotatable bonds is 4. The quantitative estimate of drug-likeness (QED) is 0.815. The van der Waals surface area contributed by atoms with Gasteiger partial charge in [-0.2, -0.15) is 0 Å². The summed E-state index contributed by atoms with van der Waals surface area (Å²) in [7, 11) is 0. The molecule has 0 aromatic carbocycles. The van der Waals surface area contributed by atoms with E-state index in [2.05, 4.69) is 20.6 Å². The van der Waals surface area contributed by atoms with Crippen LogP contribution in [-0.2, 0) is 9.53 Å². The van der Waals surface area contributed by atoms with Crippen molar-refractivity contribution in [3.63, 3.8) is 0 Å².